The van der Waals surface area contributed by atoms with E-state index in [9.17, 15) is 9.59 Å². The highest BCUT2D eigenvalue weighted by atomic mass is 16.5. The summed E-state index contributed by atoms with van der Waals surface area (Å²) in [6.07, 6.45) is 2.82. The molecule has 0 amide bonds. The topological polar surface area (TPSA) is 76.7 Å². The van der Waals surface area contributed by atoms with Gasteiger partial charge in [-0.2, -0.15) is 0 Å². The predicted molar refractivity (Wildman–Crippen MR) is 99.2 cm³/mol. The Labute approximate surface area is 148 Å². The second-order valence-corrected chi connectivity index (χ2v) is 5.39. The molecule has 25 heavy (non-hydrogen) atoms. The molecule has 2 N–H and O–H groups in total. The minimum atomic E-state index is -0.382. The molecule has 0 unspecified atom stereocenters. The minimum Gasteiger partial charge on any atom is -0.463 e. The summed E-state index contributed by atoms with van der Waals surface area (Å²) in [5.74, 6) is -0.764. The van der Waals surface area contributed by atoms with Crippen LogP contribution in [0.2, 0.25) is 0 Å². The lowest BCUT2D eigenvalue weighted by atomic mass is 10.1. The van der Waals surface area contributed by atoms with Crippen molar-refractivity contribution in [2.75, 3.05) is 23.8 Å². The first-order valence-corrected chi connectivity index (χ1v) is 8.21. The molecule has 136 valence electrons. The number of hydrogen-bond acceptors (Lipinski definition) is 6. The van der Waals surface area contributed by atoms with Gasteiger partial charge in [0.15, 0.2) is 0 Å². The molecule has 0 saturated heterocycles. The van der Waals surface area contributed by atoms with Gasteiger partial charge in [-0.05, 0) is 52.3 Å². The molecule has 0 bridgehead atoms. The van der Waals surface area contributed by atoms with Gasteiger partial charge in [-0.1, -0.05) is 6.07 Å². The Morgan fingerprint density at radius 1 is 0.920 bits per heavy atom. The average molecular weight is 346 g/mol. The summed E-state index contributed by atoms with van der Waals surface area (Å²) in [5, 5.41) is 6.37. The molecule has 1 aromatic rings. The van der Waals surface area contributed by atoms with Crippen molar-refractivity contribution in [3.63, 3.8) is 0 Å². The fourth-order valence-corrected chi connectivity index (χ4v) is 2.12. The SMILES string of the molecule is CCOC(=O)/C=C(\C)Nc1cccc(N/C(C)=C/C(=O)OCC)c1C. The first-order valence-electron chi connectivity index (χ1n) is 8.21. The maximum atomic E-state index is 11.5. The van der Waals surface area contributed by atoms with Gasteiger partial charge < -0.3 is 20.1 Å². The number of rotatable bonds is 8. The van der Waals surface area contributed by atoms with Crippen LogP contribution >= 0.6 is 0 Å². The Morgan fingerprint density at radius 3 is 1.68 bits per heavy atom. The van der Waals surface area contributed by atoms with Crippen LogP contribution in [0.4, 0.5) is 11.4 Å². The zero-order valence-electron chi connectivity index (χ0n) is 15.4. The number of nitrogens with one attached hydrogen (secondary N) is 2. The van der Waals surface area contributed by atoms with Gasteiger partial charge in [-0.25, -0.2) is 9.59 Å². The van der Waals surface area contributed by atoms with E-state index in [4.69, 9.17) is 9.47 Å². The van der Waals surface area contributed by atoms with E-state index in [-0.39, 0.29) is 11.9 Å². The maximum absolute atomic E-state index is 11.5. The van der Waals surface area contributed by atoms with E-state index in [0.717, 1.165) is 16.9 Å². The quantitative estimate of drug-likeness (QED) is 0.551. The molecule has 1 rings (SSSR count). The largest absolute Gasteiger partial charge is 0.463 e. The van der Waals surface area contributed by atoms with Gasteiger partial charge in [-0.3, -0.25) is 0 Å². The highest BCUT2D eigenvalue weighted by Gasteiger charge is 2.06. The van der Waals surface area contributed by atoms with Crippen LogP contribution in [0.3, 0.4) is 0 Å². The van der Waals surface area contributed by atoms with Crippen molar-refractivity contribution in [3.05, 3.63) is 47.3 Å². The zero-order valence-corrected chi connectivity index (χ0v) is 15.4. The molecule has 0 spiro atoms. The van der Waals surface area contributed by atoms with Crippen molar-refractivity contribution in [2.24, 2.45) is 0 Å². The van der Waals surface area contributed by atoms with Crippen molar-refractivity contribution in [1.29, 1.82) is 0 Å². The van der Waals surface area contributed by atoms with E-state index in [1.165, 1.54) is 12.2 Å². The van der Waals surface area contributed by atoms with Gasteiger partial charge in [-0.15, -0.1) is 0 Å². The van der Waals surface area contributed by atoms with Crippen molar-refractivity contribution in [2.45, 2.75) is 34.6 Å². The van der Waals surface area contributed by atoms with Crippen LogP contribution in [-0.4, -0.2) is 25.2 Å². The fraction of sp³-hybridized carbons (Fsp3) is 0.368. The maximum Gasteiger partial charge on any atom is 0.332 e. The van der Waals surface area contributed by atoms with E-state index in [1.54, 1.807) is 27.7 Å². The third-order valence-corrected chi connectivity index (χ3v) is 3.24. The lowest BCUT2D eigenvalue weighted by molar-refractivity contribution is -0.138. The molecule has 6 heteroatoms. The van der Waals surface area contributed by atoms with Gasteiger partial charge in [0.2, 0.25) is 0 Å². The van der Waals surface area contributed by atoms with E-state index < -0.39 is 0 Å². The molecule has 0 atom stereocenters. The van der Waals surface area contributed by atoms with E-state index in [0.29, 0.717) is 24.6 Å². The number of ether oxygens (including phenoxy) is 2. The average Bonchev–Trinajstić information content (AvgIpc) is 2.51. The van der Waals surface area contributed by atoms with Crippen LogP contribution in [0.1, 0.15) is 33.3 Å². The van der Waals surface area contributed by atoms with Crippen LogP contribution in [0.15, 0.2) is 41.7 Å². The molecule has 0 aromatic heterocycles. The van der Waals surface area contributed by atoms with Gasteiger partial charge in [0.1, 0.15) is 0 Å². The van der Waals surface area contributed by atoms with Crippen LogP contribution in [-0.2, 0) is 19.1 Å². The molecule has 0 aliphatic heterocycles. The molecule has 0 aliphatic rings. The Kier molecular flexibility index (Phi) is 8.26. The summed E-state index contributed by atoms with van der Waals surface area (Å²) >= 11 is 0. The lowest BCUT2D eigenvalue weighted by Crippen LogP contribution is -2.07. The fourth-order valence-electron chi connectivity index (χ4n) is 2.12. The van der Waals surface area contributed by atoms with E-state index in [1.807, 2.05) is 25.1 Å². The van der Waals surface area contributed by atoms with Crippen LogP contribution in [0, 0.1) is 6.92 Å². The number of carbonyl (C=O) groups is 2. The normalized spacial score (nSPS) is 11.7. The summed E-state index contributed by atoms with van der Waals surface area (Å²) in [6, 6.07) is 5.70. The summed E-state index contributed by atoms with van der Waals surface area (Å²) < 4.78 is 9.79. The molecule has 0 saturated carbocycles. The summed E-state index contributed by atoms with van der Waals surface area (Å²) in [5.41, 5.74) is 4.02. The van der Waals surface area contributed by atoms with Crippen molar-refractivity contribution < 1.29 is 19.1 Å². The third kappa shape index (κ3) is 7.12. The van der Waals surface area contributed by atoms with E-state index >= 15 is 0 Å². The van der Waals surface area contributed by atoms with Gasteiger partial charge in [0.25, 0.3) is 0 Å². The van der Waals surface area contributed by atoms with Gasteiger partial charge >= 0.3 is 11.9 Å². The lowest BCUT2D eigenvalue weighted by Gasteiger charge is -2.15. The standard InChI is InChI=1S/C19H26N2O4/c1-6-24-18(22)11-13(3)20-16-9-8-10-17(15(16)5)21-14(4)12-19(23)25-7-2/h8-12,20-21H,6-7H2,1-5H3/b13-11+,14-12+. The Balaban J connectivity index is 2.88. The van der Waals surface area contributed by atoms with Gasteiger partial charge in [0.05, 0.1) is 13.2 Å². The molecule has 0 heterocycles. The Bertz CT molecular complexity index is 624. The Hall–Kier alpha value is -2.76. The molecule has 0 radical (unpaired) electrons. The summed E-state index contributed by atoms with van der Waals surface area (Å²) in [4.78, 5) is 23.0. The second kappa shape index (κ2) is 10.2. The molecule has 0 aliphatic carbocycles. The first-order chi connectivity index (χ1) is 11.9. The monoisotopic (exact) mass is 346 g/mol. The minimum absolute atomic E-state index is 0.340. The van der Waals surface area contributed by atoms with Crippen molar-refractivity contribution >= 4 is 23.3 Å². The highest BCUT2D eigenvalue weighted by molar-refractivity contribution is 5.84. The molecule has 6 nitrogen and oxygen atoms in total. The third-order valence-electron chi connectivity index (χ3n) is 3.24. The molecule has 1 aromatic carbocycles. The number of hydrogen-bond donors (Lipinski definition) is 2. The molecular weight excluding hydrogens is 320 g/mol. The van der Waals surface area contributed by atoms with Gasteiger partial charge in [0, 0.05) is 34.9 Å². The molecular formula is C19H26N2O4. The predicted octanol–water partition coefficient (Wildman–Crippen LogP) is 3.75. The van der Waals surface area contributed by atoms with Crippen LogP contribution in [0.5, 0.6) is 0 Å². The summed E-state index contributed by atoms with van der Waals surface area (Å²) in [7, 11) is 0. The number of benzene rings is 1. The Morgan fingerprint density at radius 2 is 1.32 bits per heavy atom. The molecule has 0 fully saturated rings. The zero-order chi connectivity index (χ0) is 18.8. The number of esters is 2. The summed E-state index contributed by atoms with van der Waals surface area (Å²) in [6.45, 7) is 9.74. The van der Waals surface area contributed by atoms with Crippen molar-refractivity contribution in [1.82, 2.24) is 0 Å². The van der Waals surface area contributed by atoms with Crippen molar-refractivity contribution in [3.8, 4) is 0 Å². The number of anilines is 2. The van der Waals surface area contributed by atoms with E-state index in [2.05, 4.69) is 10.6 Å². The highest BCUT2D eigenvalue weighted by Crippen LogP contribution is 2.25. The van der Waals surface area contributed by atoms with Crippen LogP contribution < -0.4 is 10.6 Å². The van der Waals surface area contributed by atoms with Crippen LogP contribution in [0.25, 0.3) is 0 Å². The smallest absolute Gasteiger partial charge is 0.332 e. The number of carbonyl (C=O) groups excluding carboxylic acids is 2. The number of allylic oxidation sites excluding steroid dienone is 2. The second-order valence-electron chi connectivity index (χ2n) is 5.39. The first kappa shape index (κ1) is 20.3.